The van der Waals surface area contributed by atoms with Gasteiger partial charge in [0.15, 0.2) is 5.78 Å². The molecule has 176 valence electrons. The number of carbonyl (C=O) groups excluding carboxylic acids is 2. The Morgan fingerprint density at radius 2 is 2.00 bits per heavy atom. The Labute approximate surface area is 203 Å². The monoisotopic (exact) mass is 490 g/mol. The van der Waals surface area contributed by atoms with Crippen LogP contribution in [0.1, 0.15) is 27.5 Å². The number of amides is 1. The lowest BCUT2D eigenvalue weighted by molar-refractivity contribution is -0.384. The van der Waals surface area contributed by atoms with Crippen LogP contribution in [0.4, 0.5) is 15.8 Å². The minimum Gasteiger partial charge on any atom is -0.324 e. The SMILES string of the molecule is O=C(c1ccccn1)C1C(c2ccc([N+](=O)[O-])cc2)C2CSCN2C12C(=O)Nc1ccc(F)cc12. The number of anilines is 1. The zero-order valence-corrected chi connectivity index (χ0v) is 19.1. The van der Waals surface area contributed by atoms with Crippen molar-refractivity contribution in [1.82, 2.24) is 9.88 Å². The molecule has 1 N–H and O–H groups in total. The summed E-state index contributed by atoms with van der Waals surface area (Å²) in [5.74, 6) is -1.40. The molecule has 2 saturated heterocycles. The number of halogens is 1. The van der Waals surface area contributed by atoms with Crippen LogP contribution in [0.3, 0.4) is 0 Å². The van der Waals surface area contributed by atoms with Crippen molar-refractivity contribution >= 4 is 34.8 Å². The first-order chi connectivity index (χ1) is 16.9. The molecule has 3 aromatic rings. The molecule has 35 heavy (non-hydrogen) atoms. The van der Waals surface area contributed by atoms with Crippen LogP contribution in [0.5, 0.6) is 0 Å². The highest BCUT2D eigenvalue weighted by molar-refractivity contribution is 7.99. The normalized spacial score (nSPS) is 27.0. The molecule has 2 aromatic carbocycles. The van der Waals surface area contributed by atoms with Crippen LogP contribution in [-0.4, -0.2) is 44.2 Å². The number of nitro groups is 1. The number of non-ortho nitro benzene ring substituents is 1. The van der Waals surface area contributed by atoms with Gasteiger partial charge in [0.25, 0.3) is 5.69 Å². The maximum absolute atomic E-state index is 14.5. The van der Waals surface area contributed by atoms with Gasteiger partial charge in [-0.05, 0) is 35.9 Å². The molecule has 1 aromatic heterocycles. The van der Waals surface area contributed by atoms with Gasteiger partial charge in [-0.1, -0.05) is 18.2 Å². The smallest absolute Gasteiger partial charge is 0.269 e. The summed E-state index contributed by atoms with van der Waals surface area (Å²) >= 11 is 1.64. The second-order valence-corrected chi connectivity index (χ2v) is 9.88. The second-order valence-electron chi connectivity index (χ2n) is 8.88. The number of pyridine rings is 1. The number of carbonyl (C=O) groups is 2. The standard InChI is InChI=1S/C25H19FN4O4S/c26-15-6-9-18-17(11-15)25(24(32)28-18)22(23(31)19-3-1-2-10-27-19)21(20-12-35-13-29(20)25)14-4-7-16(8-5-14)30(33)34/h1-11,20-22H,12-13H2,(H,28,32). The second kappa shape index (κ2) is 7.96. The molecule has 1 spiro atoms. The van der Waals surface area contributed by atoms with E-state index in [2.05, 4.69) is 10.3 Å². The Morgan fingerprint density at radius 3 is 2.71 bits per heavy atom. The summed E-state index contributed by atoms with van der Waals surface area (Å²) in [5, 5.41) is 14.1. The lowest BCUT2D eigenvalue weighted by Crippen LogP contribution is -2.52. The minimum atomic E-state index is -1.42. The first-order valence-electron chi connectivity index (χ1n) is 11.1. The van der Waals surface area contributed by atoms with Gasteiger partial charge in [0.2, 0.25) is 5.91 Å². The Balaban J connectivity index is 1.60. The minimum absolute atomic E-state index is 0.0576. The summed E-state index contributed by atoms with van der Waals surface area (Å²) < 4.78 is 14.5. The molecular weight excluding hydrogens is 471 g/mol. The number of hydrogen-bond donors (Lipinski definition) is 1. The van der Waals surface area contributed by atoms with Crippen LogP contribution in [-0.2, 0) is 10.3 Å². The lowest BCUT2D eigenvalue weighted by Gasteiger charge is -2.36. The van der Waals surface area contributed by atoms with Gasteiger partial charge in [-0.3, -0.25) is 29.6 Å². The number of nitrogens with zero attached hydrogens (tertiary/aromatic N) is 3. The fourth-order valence-corrected chi connectivity index (χ4v) is 7.23. The number of nitro benzene ring substituents is 1. The van der Waals surface area contributed by atoms with E-state index in [0.29, 0.717) is 22.9 Å². The summed E-state index contributed by atoms with van der Waals surface area (Å²) in [4.78, 5) is 45.0. The van der Waals surface area contributed by atoms with Gasteiger partial charge >= 0.3 is 0 Å². The average Bonchev–Trinajstić information content (AvgIpc) is 3.53. The van der Waals surface area contributed by atoms with Crippen LogP contribution in [0.2, 0.25) is 0 Å². The number of benzene rings is 2. The third kappa shape index (κ3) is 3.06. The van der Waals surface area contributed by atoms with Gasteiger partial charge in [-0.2, -0.15) is 0 Å². The van der Waals surface area contributed by atoms with Gasteiger partial charge in [-0.15, -0.1) is 11.8 Å². The number of aromatic nitrogens is 1. The summed E-state index contributed by atoms with van der Waals surface area (Å²) in [6.45, 7) is 0. The molecule has 0 radical (unpaired) electrons. The maximum atomic E-state index is 14.5. The summed E-state index contributed by atoms with van der Waals surface area (Å²) in [6, 6.07) is 15.1. The number of ketones is 1. The molecular formula is C25H19FN4O4S. The van der Waals surface area contributed by atoms with Crippen LogP contribution < -0.4 is 5.32 Å². The zero-order valence-electron chi connectivity index (χ0n) is 18.3. The van der Waals surface area contributed by atoms with Gasteiger partial charge in [-0.25, -0.2) is 4.39 Å². The number of thioether (sulfide) groups is 1. The van der Waals surface area contributed by atoms with Crippen molar-refractivity contribution in [2.24, 2.45) is 5.92 Å². The topological polar surface area (TPSA) is 105 Å². The largest absolute Gasteiger partial charge is 0.324 e. The van der Waals surface area contributed by atoms with Crippen LogP contribution in [0, 0.1) is 21.8 Å². The van der Waals surface area contributed by atoms with Crippen molar-refractivity contribution in [3.8, 4) is 0 Å². The predicted octanol–water partition coefficient (Wildman–Crippen LogP) is 3.95. The molecule has 6 rings (SSSR count). The van der Waals surface area contributed by atoms with E-state index in [4.69, 9.17) is 0 Å². The number of nitrogens with one attached hydrogen (secondary N) is 1. The maximum Gasteiger partial charge on any atom is 0.269 e. The number of Topliss-reactive ketones (excluding diaryl/α,β-unsaturated/α-hetero) is 1. The highest BCUT2D eigenvalue weighted by atomic mass is 32.2. The number of rotatable bonds is 4. The van der Waals surface area contributed by atoms with E-state index in [1.54, 1.807) is 42.1 Å². The molecule has 3 aliphatic rings. The molecule has 2 fully saturated rings. The van der Waals surface area contributed by atoms with Crippen LogP contribution in [0.15, 0.2) is 66.9 Å². The van der Waals surface area contributed by atoms with Crippen LogP contribution >= 0.6 is 11.8 Å². The quantitative estimate of drug-likeness (QED) is 0.335. The van der Waals surface area contributed by atoms with Crippen molar-refractivity contribution in [2.45, 2.75) is 17.5 Å². The molecule has 4 heterocycles. The van der Waals surface area contributed by atoms with Gasteiger partial charge < -0.3 is 5.32 Å². The third-order valence-electron chi connectivity index (χ3n) is 7.27. The highest BCUT2D eigenvalue weighted by Crippen LogP contribution is 2.61. The predicted molar refractivity (Wildman–Crippen MR) is 128 cm³/mol. The summed E-state index contributed by atoms with van der Waals surface area (Å²) in [7, 11) is 0. The molecule has 3 aliphatic heterocycles. The number of fused-ring (bicyclic) bond motifs is 4. The molecule has 4 atom stereocenters. The summed E-state index contributed by atoms with van der Waals surface area (Å²) in [6.07, 6.45) is 1.52. The van der Waals surface area contributed by atoms with Gasteiger partial charge in [0.1, 0.15) is 17.1 Å². The van der Waals surface area contributed by atoms with Crippen molar-refractivity contribution in [3.63, 3.8) is 0 Å². The Bertz CT molecular complexity index is 1370. The van der Waals surface area contributed by atoms with Crippen LogP contribution in [0.25, 0.3) is 0 Å². The molecule has 10 heteroatoms. The Kier molecular flexibility index (Phi) is 4.97. The Morgan fingerprint density at radius 1 is 1.20 bits per heavy atom. The molecule has 0 bridgehead atoms. The fraction of sp³-hybridized carbons (Fsp3) is 0.240. The molecule has 1 amide bonds. The van der Waals surface area contributed by atoms with E-state index in [1.807, 2.05) is 4.90 Å². The van der Waals surface area contributed by atoms with Gasteiger partial charge in [0.05, 0.1) is 10.8 Å². The first-order valence-corrected chi connectivity index (χ1v) is 12.2. The van der Waals surface area contributed by atoms with E-state index >= 15 is 0 Å². The van der Waals surface area contributed by atoms with Crippen molar-refractivity contribution in [3.05, 3.63) is 99.6 Å². The van der Waals surface area contributed by atoms with Gasteiger partial charge in [0, 0.05) is 53.2 Å². The van der Waals surface area contributed by atoms with Crippen molar-refractivity contribution < 1.29 is 18.9 Å². The zero-order chi connectivity index (χ0) is 24.3. The van der Waals surface area contributed by atoms with E-state index in [0.717, 1.165) is 5.56 Å². The summed E-state index contributed by atoms with van der Waals surface area (Å²) in [5.41, 5.74) is 0.376. The highest BCUT2D eigenvalue weighted by Gasteiger charge is 2.69. The average molecular weight is 491 g/mol. The van der Waals surface area contributed by atoms with Crippen molar-refractivity contribution in [2.75, 3.05) is 16.9 Å². The van der Waals surface area contributed by atoms with Crippen molar-refractivity contribution in [1.29, 1.82) is 0 Å². The number of hydrogen-bond acceptors (Lipinski definition) is 7. The Hall–Kier alpha value is -3.63. The fourth-order valence-electron chi connectivity index (χ4n) is 5.91. The first kappa shape index (κ1) is 21.9. The molecule has 4 unspecified atom stereocenters. The lowest BCUT2D eigenvalue weighted by atomic mass is 9.70. The van der Waals surface area contributed by atoms with E-state index in [-0.39, 0.29) is 29.1 Å². The molecule has 8 nitrogen and oxygen atoms in total. The van der Waals surface area contributed by atoms with E-state index in [1.165, 1.54) is 36.5 Å². The molecule has 0 saturated carbocycles. The van der Waals surface area contributed by atoms with E-state index < -0.39 is 28.1 Å². The molecule has 0 aliphatic carbocycles. The third-order valence-corrected chi connectivity index (χ3v) is 8.31. The van der Waals surface area contributed by atoms with E-state index in [9.17, 15) is 24.1 Å².